The number of methoxy groups -OCH3 is 1. The van der Waals surface area contributed by atoms with Crippen LogP contribution in [0.25, 0.3) is 0 Å². The van der Waals surface area contributed by atoms with Crippen LogP contribution in [0.5, 0.6) is 0 Å². The number of allylic oxidation sites excluding steroid dienone is 13. The normalized spacial score (nSPS) is 26.9. The maximum Gasteiger partial charge on any atom is 0.305 e. The van der Waals surface area contributed by atoms with Gasteiger partial charge in [0.15, 0.2) is 5.78 Å². The predicted molar refractivity (Wildman–Crippen MR) is 180 cm³/mol. The zero-order chi connectivity index (χ0) is 32.4. The number of carbonyl (C=O) groups excluding carboxylic acids is 2. The van der Waals surface area contributed by atoms with Crippen molar-refractivity contribution in [3.8, 4) is 0 Å². The first-order chi connectivity index (χ1) is 22.1. The number of rotatable bonds is 5. The van der Waals surface area contributed by atoms with Crippen molar-refractivity contribution < 1.29 is 19.4 Å². The summed E-state index contributed by atoms with van der Waals surface area (Å²) in [7, 11) is 1.41. The van der Waals surface area contributed by atoms with E-state index in [4.69, 9.17) is 19.7 Å². The van der Waals surface area contributed by atoms with Gasteiger partial charge in [-0.25, -0.2) is 15.0 Å². The molecular weight excluding hydrogens is 576 g/mol. The molecule has 2 atom stereocenters. The third kappa shape index (κ3) is 4.76. The molecule has 8 bridgehead atoms. The van der Waals surface area contributed by atoms with Crippen LogP contribution in [-0.2, 0) is 14.3 Å². The summed E-state index contributed by atoms with van der Waals surface area (Å²) in [4.78, 5) is 41.2. The summed E-state index contributed by atoms with van der Waals surface area (Å²) in [6.45, 7) is 10.4. The van der Waals surface area contributed by atoms with E-state index in [1.807, 2.05) is 26.0 Å². The molecule has 3 fully saturated rings. The second-order valence-electron chi connectivity index (χ2n) is 13.4. The summed E-state index contributed by atoms with van der Waals surface area (Å²) in [5.74, 6) is 0.359. The maximum atomic E-state index is 13.5. The van der Waals surface area contributed by atoms with E-state index in [9.17, 15) is 14.7 Å². The molecule has 7 aliphatic rings. The molecule has 2 aliphatic carbocycles. The fourth-order valence-corrected chi connectivity index (χ4v) is 8.19. The third-order valence-corrected chi connectivity index (χ3v) is 10.9. The topological polar surface area (TPSA) is 113 Å². The van der Waals surface area contributed by atoms with Crippen LogP contribution in [0.2, 0.25) is 0 Å². The number of nitrogens with one attached hydrogen (secondary N) is 1. The van der Waals surface area contributed by atoms with Crippen molar-refractivity contribution >= 4 is 28.9 Å². The molecule has 0 radical (unpaired) electrons. The zero-order valence-corrected chi connectivity index (χ0v) is 27.6. The lowest BCUT2D eigenvalue weighted by Gasteiger charge is -2.17. The van der Waals surface area contributed by atoms with Gasteiger partial charge < -0.3 is 15.2 Å². The summed E-state index contributed by atoms with van der Waals surface area (Å²) in [5.41, 5.74) is 13.0. The van der Waals surface area contributed by atoms with E-state index in [2.05, 4.69) is 32.2 Å². The molecule has 0 spiro atoms. The van der Waals surface area contributed by atoms with Crippen molar-refractivity contribution in [1.29, 1.82) is 0 Å². The number of hydrogen-bond acceptors (Lipinski definition) is 8. The Balaban J connectivity index is 1.47. The highest BCUT2D eigenvalue weighted by atomic mass is 16.5. The first-order valence-electron chi connectivity index (χ1n) is 16.7. The van der Waals surface area contributed by atoms with Gasteiger partial charge in [0, 0.05) is 58.7 Å². The Morgan fingerprint density at radius 3 is 2.43 bits per heavy atom. The van der Waals surface area contributed by atoms with Gasteiger partial charge in [0.1, 0.15) is 5.76 Å². The van der Waals surface area contributed by atoms with Crippen molar-refractivity contribution in [2.45, 2.75) is 86.0 Å². The Hall–Kier alpha value is -4.33. The predicted octanol–water partition coefficient (Wildman–Crippen LogP) is 7.37. The van der Waals surface area contributed by atoms with E-state index in [-0.39, 0.29) is 42.3 Å². The number of aliphatic hydroxyl groups excluding tert-OH is 1. The van der Waals surface area contributed by atoms with E-state index in [0.29, 0.717) is 17.8 Å². The number of Topliss-reactive ketones (excluding diaryl/α,β-unsaturated/α-hetero) is 1. The van der Waals surface area contributed by atoms with Gasteiger partial charge in [-0.15, -0.1) is 0 Å². The minimum absolute atomic E-state index is 0.0247. The lowest BCUT2D eigenvalue weighted by molar-refractivity contribution is -0.140. The van der Waals surface area contributed by atoms with Crippen LogP contribution in [0.1, 0.15) is 86.0 Å². The number of aliphatic imine (C=N–C) groups is 3. The smallest absolute Gasteiger partial charge is 0.305 e. The Kier molecular flexibility index (Phi) is 7.57. The molecule has 0 unspecified atom stereocenters. The van der Waals surface area contributed by atoms with Crippen LogP contribution in [-0.4, -0.2) is 41.1 Å². The molecular formula is C38H42N4O4. The Labute approximate surface area is 270 Å². The molecule has 1 saturated heterocycles. The van der Waals surface area contributed by atoms with Crippen LogP contribution < -0.4 is 5.32 Å². The quantitative estimate of drug-likeness (QED) is 0.247. The number of hydrogen-bond donors (Lipinski definition) is 2. The second kappa shape index (κ2) is 11.5. The maximum absolute atomic E-state index is 13.5. The number of ketones is 1. The standard InChI is InChI=1S/C38H42N4O4/c1-7-23-18(2)26-17-31-34(38(45)22-10-8-9-11-22)20(4)28(40-31)15-27-19(3)24(12-13-33(44)46-6)36(41-27)25-14-32(43)35-21(5)29(42-37(25)35)16-30(23)39-26/h15-17,19,22,24,41,45H,7-14H2,1-6H3/b26-17?,27-15?,29-16?,36-25?,38-34-/t19-,24-/m0/s1. The highest BCUT2D eigenvalue weighted by molar-refractivity contribution is 6.38. The molecule has 0 aromatic heterocycles. The lowest BCUT2D eigenvalue weighted by Crippen LogP contribution is -2.15. The summed E-state index contributed by atoms with van der Waals surface area (Å²) in [5, 5.41) is 15.4. The summed E-state index contributed by atoms with van der Waals surface area (Å²) in [6.07, 6.45) is 12.2. The van der Waals surface area contributed by atoms with Crippen molar-refractivity contribution in [1.82, 2.24) is 5.32 Å². The Bertz CT molecular complexity index is 1840. The molecule has 8 nitrogen and oxygen atoms in total. The third-order valence-electron chi connectivity index (χ3n) is 10.9. The minimum Gasteiger partial charge on any atom is -0.511 e. The van der Waals surface area contributed by atoms with Crippen LogP contribution in [0, 0.1) is 17.8 Å². The van der Waals surface area contributed by atoms with Crippen LogP contribution in [0.3, 0.4) is 0 Å². The molecule has 46 heavy (non-hydrogen) atoms. The largest absolute Gasteiger partial charge is 0.511 e. The van der Waals surface area contributed by atoms with Crippen molar-refractivity contribution in [3.05, 3.63) is 91.5 Å². The first-order valence-corrected chi connectivity index (χ1v) is 16.7. The van der Waals surface area contributed by atoms with Gasteiger partial charge in [-0.3, -0.25) is 9.59 Å². The Morgan fingerprint density at radius 1 is 1.00 bits per heavy atom. The summed E-state index contributed by atoms with van der Waals surface area (Å²) >= 11 is 0. The van der Waals surface area contributed by atoms with Crippen molar-refractivity contribution in [2.75, 3.05) is 7.11 Å². The molecule has 5 aliphatic heterocycles. The van der Waals surface area contributed by atoms with Crippen LogP contribution in [0.4, 0.5) is 0 Å². The fraction of sp³-hybridized carbons (Fsp3) is 0.447. The number of ether oxygens (including phenoxy) is 1. The number of aliphatic hydroxyl groups is 1. The molecule has 238 valence electrons. The van der Waals surface area contributed by atoms with Crippen LogP contribution in [0.15, 0.2) is 106 Å². The fourth-order valence-electron chi connectivity index (χ4n) is 8.19. The average molecular weight is 619 g/mol. The van der Waals surface area contributed by atoms with Crippen molar-refractivity contribution in [2.24, 2.45) is 32.7 Å². The molecule has 0 amide bonds. The second-order valence-corrected chi connectivity index (χ2v) is 13.4. The van der Waals surface area contributed by atoms with Crippen LogP contribution >= 0.6 is 0 Å². The van der Waals surface area contributed by atoms with Gasteiger partial charge in [-0.1, -0.05) is 26.7 Å². The van der Waals surface area contributed by atoms with Gasteiger partial charge in [-0.05, 0) is 87.0 Å². The Morgan fingerprint density at radius 2 is 1.72 bits per heavy atom. The molecule has 0 aromatic rings. The number of carbonyl (C=O) groups is 2. The summed E-state index contributed by atoms with van der Waals surface area (Å²) < 4.78 is 4.99. The SMILES string of the molecule is CCC1=C(C)C2=CC3=NC(=C(C)/C3=C(/O)C3CCCC3)C=C3NC(=C4CC(=O)C5=C(C)C(=CC1=N2)N=C45)[C@@H](CCC(=O)OC)[C@@H]3C. The van der Waals surface area contributed by atoms with Gasteiger partial charge >= 0.3 is 5.97 Å². The van der Waals surface area contributed by atoms with E-state index in [1.54, 1.807) is 0 Å². The van der Waals surface area contributed by atoms with Gasteiger partial charge in [-0.2, -0.15) is 0 Å². The van der Waals surface area contributed by atoms with E-state index >= 15 is 0 Å². The summed E-state index contributed by atoms with van der Waals surface area (Å²) in [6, 6.07) is 0. The lowest BCUT2D eigenvalue weighted by atomic mass is 9.86. The average Bonchev–Trinajstić information content (AvgIpc) is 3.87. The molecule has 2 saturated carbocycles. The van der Waals surface area contributed by atoms with E-state index in [1.165, 1.54) is 7.11 Å². The minimum atomic E-state index is -0.255. The highest BCUT2D eigenvalue weighted by Gasteiger charge is 2.43. The molecule has 8 heteroatoms. The zero-order valence-electron chi connectivity index (χ0n) is 27.6. The molecule has 5 heterocycles. The van der Waals surface area contributed by atoms with Gasteiger partial charge in [0.05, 0.1) is 41.3 Å². The molecule has 7 rings (SSSR count). The number of esters is 1. The number of fused-ring (bicyclic) bond motifs is 5. The van der Waals surface area contributed by atoms with Gasteiger partial charge in [0.25, 0.3) is 0 Å². The molecule has 2 N–H and O–H groups in total. The van der Waals surface area contributed by atoms with E-state index in [0.717, 1.165) is 111 Å². The van der Waals surface area contributed by atoms with E-state index < -0.39 is 0 Å². The number of nitrogens with zero attached hydrogens (tertiary/aromatic N) is 3. The van der Waals surface area contributed by atoms with Crippen molar-refractivity contribution in [3.63, 3.8) is 0 Å². The van der Waals surface area contributed by atoms with Gasteiger partial charge in [0.2, 0.25) is 0 Å². The molecule has 0 aromatic carbocycles. The first kappa shape index (κ1) is 30.3. The highest BCUT2D eigenvalue weighted by Crippen LogP contribution is 2.46. The monoisotopic (exact) mass is 618 g/mol.